The van der Waals surface area contributed by atoms with Crippen molar-refractivity contribution in [2.75, 3.05) is 0 Å². The Morgan fingerprint density at radius 2 is 0.809 bits per heavy atom. The van der Waals surface area contributed by atoms with E-state index in [0.29, 0.717) is 0 Å². The maximum absolute atomic E-state index is 6.95. The summed E-state index contributed by atoms with van der Waals surface area (Å²) in [5.41, 5.74) is 21.8. The Bertz CT molecular complexity index is 3700. The normalized spacial score (nSPS) is 12.5. The highest BCUT2D eigenvalue weighted by Gasteiger charge is 2.47. The van der Waals surface area contributed by atoms with Crippen LogP contribution in [-0.4, -0.2) is 4.98 Å². The largest absolute Gasteiger partial charge is 0.455 e. The molecule has 0 bridgehead atoms. The van der Waals surface area contributed by atoms with Gasteiger partial charge in [-0.2, -0.15) is 0 Å². The van der Waals surface area contributed by atoms with E-state index < -0.39 is 5.41 Å². The summed E-state index contributed by atoms with van der Waals surface area (Å²) >= 11 is 0. The number of hydrogen-bond acceptors (Lipinski definition) is 2. The molecular formula is C66H43NO. The van der Waals surface area contributed by atoms with Crippen LogP contribution in [0.25, 0.3) is 100 Å². The lowest BCUT2D eigenvalue weighted by atomic mass is 9.67. The van der Waals surface area contributed by atoms with Crippen molar-refractivity contribution in [1.82, 2.24) is 4.98 Å². The zero-order valence-electron chi connectivity index (χ0n) is 37.2. The Balaban J connectivity index is 1.06. The molecule has 2 heteroatoms. The Morgan fingerprint density at radius 3 is 1.44 bits per heavy atom. The number of pyridine rings is 1. The van der Waals surface area contributed by atoms with Crippen molar-refractivity contribution in [2.24, 2.45) is 0 Å². The van der Waals surface area contributed by atoms with Crippen molar-refractivity contribution in [2.45, 2.75) is 5.41 Å². The zero-order valence-corrected chi connectivity index (χ0v) is 37.2. The molecule has 0 N–H and O–H groups in total. The summed E-state index contributed by atoms with van der Waals surface area (Å²) in [4.78, 5) is 5.19. The number of rotatable bonds is 8. The fourth-order valence-corrected chi connectivity index (χ4v) is 10.9. The number of furan rings is 1. The van der Waals surface area contributed by atoms with E-state index in [2.05, 4.69) is 261 Å². The van der Waals surface area contributed by atoms with Gasteiger partial charge < -0.3 is 4.42 Å². The van der Waals surface area contributed by atoms with Crippen LogP contribution in [0.5, 0.6) is 0 Å². The second-order valence-corrected chi connectivity index (χ2v) is 17.7. The molecule has 0 unspecified atom stereocenters. The molecule has 1 aliphatic rings. The second-order valence-electron chi connectivity index (χ2n) is 17.7. The van der Waals surface area contributed by atoms with Crippen LogP contribution in [0.2, 0.25) is 0 Å². The van der Waals surface area contributed by atoms with E-state index in [9.17, 15) is 0 Å². The van der Waals surface area contributed by atoms with Crippen molar-refractivity contribution >= 4 is 21.9 Å². The fourth-order valence-electron chi connectivity index (χ4n) is 10.9. The van der Waals surface area contributed by atoms with Crippen LogP contribution in [-0.2, 0) is 5.41 Å². The van der Waals surface area contributed by atoms with Gasteiger partial charge in [-0.3, -0.25) is 0 Å². The molecule has 0 aliphatic heterocycles. The van der Waals surface area contributed by atoms with Gasteiger partial charge in [0.05, 0.1) is 16.8 Å². The van der Waals surface area contributed by atoms with E-state index in [-0.39, 0.29) is 0 Å². The van der Waals surface area contributed by atoms with Gasteiger partial charge >= 0.3 is 0 Å². The number of benzene rings is 10. The van der Waals surface area contributed by atoms with Gasteiger partial charge in [0.2, 0.25) is 0 Å². The molecule has 0 spiro atoms. The van der Waals surface area contributed by atoms with Crippen molar-refractivity contribution in [3.05, 3.63) is 283 Å². The van der Waals surface area contributed by atoms with Gasteiger partial charge in [-0.05, 0) is 96.6 Å². The minimum Gasteiger partial charge on any atom is -0.455 e. The highest BCUT2D eigenvalue weighted by molar-refractivity contribution is 6.13. The molecule has 12 aromatic rings. The van der Waals surface area contributed by atoms with E-state index in [4.69, 9.17) is 9.40 Å². The van der Waals surface area contributed by atoms with Crippen molar-refractivity contribution in [3.8, 4) is 78.1 Å². The quantitative estimate of drug-likeness (QED) is 0.152. The standard InChI is InChI=1S/C66H43NO/c1-6-19-44(20-7-1)49-37-40-62-57(41-49)55-31-18-30-54(65(55)68-62)53-38-39-59-64(56-29-16-17-32-58(56)66(59,51-25-12-4-13-26-51)52-27-14-5-15-28-52)63(53)48-35-33-45(34-36-48)50-42-60(46-21-8-2-9-22-46)67-61(43-50)47-23-10-3-11-24-47/h1-43H. The lowest BCUT2D eigenvalue weighted by Crippen LogP contribution is -2.28. The average molecular weight is 866 g/mol. The number of hydrogen-bond donors (Lipinski definition) is 0. The monoisotopic (exact) mass is 865 g/mol. The highest BCUT2D eigenvalue weighted by Crippen LogP contribution is 2.60. The second kappa shape index (κ2) is 16.2. The Morgan fingerprint density at radius 1 is 0.294 bits per heavy atom. The molecule has 68 heavy (non-hydrogen) atoms. The Hall–Kier alpha value is -8.85. The lowest BCUT2D eigenvalue weighted by Gasteiger charge is -2.34. The van der Waals surface area contributed by atoms with Gasteiger partial charge in [-0.1, -0.05) is 237 Å². The van der Waals surface area contributed by atoms with Gasteiger partial charge in [-0.25, -0.2) is 4.98 Å². The van der Waals surface area contributed by atoms with Gasteiger partial charge in [0.15, 0.2) is 0 Å². The number of aromatic nitrogens is 1. The van der Waals surface area contributed by atoms with Gasteiger partial charge in [0.1, 0.15) is 11.2 Å². The van der Waals surface area contributed by atoms with Crippen LogP contribution < -0.4 is 0 Å². The first-order valence-corrected chi connectivity index (χ1v) is 23.4. The third-order valence-electron chi connectivity index (χ3n) is 14.0. The molecular weight excluding hydrogens is 823 g/mol. The minimum atomic E-state index is -0.556. The molecule has 0 fully saturated rings. The summed E-state index contributed by atoms with van der Waals surface area (Å²) in [5, 5.41) is 2.21. The highest BCUT2D eigenvalue weighted by atomic mass is 16.3. The minimum absolute atomic E-state index is 0.556. The predicted molar refractivity (Wildman–Crippen MR) is 281 cm³/mol. The van der Waals surface area contributed by atoms with Crippen LogP contribution in [0.1, 0.15) is 22.3 Å². The fraction of sp³-hybridized carbons (Fsp3) is 0.0152. The van der Waals surface area contributed by atoms with Crippen LogP contribution in [0.15, 0.2) is 265 Å². The average Bonchev–Trinajstić information content (AvgIpc) is 3.95. The summed E-state index contributed by atoms with van der Waals surface area (Å²) in [6, 6.07) is 94.3. The zero-order chi connectivity index (χ0) is 45.0. The van der Waals surface area contributed by atoms with E-state index in [1.54, 1.807) is 0 Å². The molecule has 0 radical (unpaired) electrons. The molecule has 318 valence electrons. The first kappa shape index (κ1) is 39.5. The number of para-hydroxylation sites is 1. The summed E-state index contributed by atoms with van der Waals surface area (Å²) in [7, 11) is 0. The summed E-state index contributed by atoms with van der Waals surface area (Å²) in [6.45, 7) is 0. The van der Waals surface area contributed by atoms with E-state index >= 15 is 0 Å². The molecule has 13 rings (SSSR count). The number of fused-ring (bicyclic) bond motifs is 6. The molecule has 0 saturated heterocycles. The summed E-state index contributed by atoms with van der Waals surface area (Å²) in [6.07, 6.45) is 0. The van der Waals surface area contributed by atoms with Crippen LogP contribution in [0.4, 0.5) is 0 Å². The molecule has 0 atom stereocenters. The molecule has 0 saturated carbocycles. The van der Waals surface area contributed by atoms with Gasteiger partial charge in [0, 0.05) is 27.5 Å². The van der Waals surface area contributed by atoms with Crippen LogP contribution in [0.3, 0.4) is 0 Å². The van der Waals surface area contributed by atoms with Gasteiger partial charge in [-0.15, -0.1) is 0 Å². The van der Waals surface area contributed by atoms with Crippen LogP contribution >= 0.6 is 0 Å². The molecule has 2 heterocycles. The molecule has 0 amide bonds. The molecule has 2 aromatic heterocycles. The smallest absolute Gasteiger partial charge is 0.143 e. The first-order valence-electron chi connectivity index (χ1n) is 23.4. The Kier molecular flexibility index (Phi) is 9.43. The third-order valence-corrected chi connectivity index (χ3v) is 14.0. The summed E-state index contributed by atoms with van der Waals surface area (Å²) < 4.78 is 6.95. The maximum Gasteiger partial charge on any atom is 0.143 e. The van der Waals surface area contributed by atoms with Crippen molar-refractivity contribution < 1.29 is 4.42 Å². The van der Waals surface area contributed by atoms with Crippen molar-refractivity contribution in [1.29, 1.82) is 0 Å². The lowest BCUT2D eigenvalue weighted by molar-refractivity contribution is 0.670. The summed E-state index contributed by atoms with van der Waals surface area (Å²) in [5.74, 6) is 0. The van der Waals surface area contributed by atoms with Gasteiger partial charge in [0.25, 0.3) is 0 Å². The van der Waals surface area contributed by atoms with Crippen LogP contribution in [0, 0.1) is 0 Å². The third kappa shape index (κ3) is 6.37. The topological polar surface area (TPSA) is 26.0 Å². The molecule has 1 aliphatic carbocycles. The molecule has 10 aromatic carbocycles. The van der Waals surface area contributed by atoms with Crippen molar-refractivity contribution in [3.63, 3.8) is 0 Å². The number of nitrogens with zero attached hydrogens (tertiary/aromatic N) is 1. The first-order chi connectivity index (χ1) is 33.7. The SMILES string of the molecule is c1ccc(-c2ccc3oc4c(-c5ccc6c(c5-c5ccc(-c7cc(-c8ccccc8)nc(-c8ccccc8)c7)cc5)-c5ccccc5C6(c5ccccc5)c5ccccc5)cccc4c3c2)cc1. The van der Waals surface area contributed by atoms with E-state index in [0.717, 1.165) is 72.3 Å². The maximum atomic E-state index is 6.95. The van der Waals surface area contributed by atoms with E-state index in [1.807, 2.05) is 0 Å². The molecule has 2 nitrogen and oxygen atoms in total. The Labute approximate surface area is 396 Å². The predicted octanol–water partition coefficient (Wildman–Crippen LogP) is 17.3. The van der Waals surface area contributed by atoms with E-state index in [1.165, 1.54) is 50.1 Å².